The van der Waals surface area contributed by atoms with Crippen LogP contribution in [0.25, 0.3) is 10.2 Å². The van der Waals surface area contributed by atoms with Gasteiger partial charge in [-0.15, -0.1) is 11.3 Å². The Morgan fingerprint density at radius 1 is 1.15 bits per heavy atom. The molecule has 11 heteroatoms. The molecule has 1 aromatic heterocycles. The Morgan fingerprint density at radius 3 is 2.55 bits per heavy atom. The van der Waals surface area contributed by atoms with Crippen LogP contribution >= 0.6 is 23.1 Å². The molecule has 9 nitrogen and oxygen atoms in total. The minimum atomic E-state index is -0.486. The number of carbonyl (C=O) groups excluding carboxylic acids is 2. The molecule has 2 amide bonds. The molecule has 33 heavy (non-hydrogen) atoms. The average Bonchev–Trinajstić information content (AvgIpc) is 3.21. The van der Waals surface area contributed by atoms with Crippen LogP contribution in [0.3, 0.4) is 0 Å². The summed E-state index contributed by atoms with van der Waals surface area (Å²) < 4.78 is 1.69. The van der Waals surface area contributed by atoms with E-state index >= 15 is 0 Å². The molecular formula is C22H23N5O4S2. The number of nitrogens with zero attached hydrogens (tertiary/aromatic N) is 3. The van der Waals surface area contributed by atoms with Gasteiger partial charge in [-0.2, -0.15) is 0 Å². The number of anilines is 2. The van der Waals surface area contributed by atoms with Crippen LogP contribution < -0.4 is 10.6 Å². The smallest absolute Gasteiger partial charge is 0.269 e. The second-order valence-corrected chi connectivity index (χ2v) is 10.1. The van der Waals surface area contributed by atoms with Crippen molar-refractivity contribution in [2.45, 2.75) is 17.2 Å². The number of thiazole rings is 1. The molecule has 3 aromatic rings. The number of nitro benzene ring substituents is 1. The number of benzene rings is 2. The lowest BCUT2D eigenvalue weighted by Gasteiger charge is -2.28. The number of piperidine rings is 1. The highest BCUT2D eigenvalue weighted by atomic mass is 32.2. The lowest BCUT2D eigenvalue weighted by Crippen LogP contribution is -2.35. The first-order chi connectivity index (χ1) is 15.9. The van der Waals surface area contributed by atoms with Crippen molar-refractivity contribution >= 4 is 62.2 Å². The number of hydrogen-bond acceptors (Lipinski definition) is 8. The predicted octanol–water partition coefficient (Wildman–Crippen LogP) is 4.22. The first-order valence-corrected chi connectivity index (χ1v) is 12.2. The van der Waals surface area contributed by atoms with E-state index in [9.17, 15) is 19.7 Å². The van der Waals surface area contributed by atoms with Crippen LogP contribution in [-0.2, 0) is 9.59 Å². The summed E-state index contributed by atoms with van der Waals surface area (Å²) in [4.78, 5) is 41.8. The maximum absolute atomic E-state index is 12.6. The Kier molecular flexibility index (Phi) is 7.21. The van der Waals surface area contributed by atoms with Crippen LogP contribution in [0.4, 0.5) is 17.1 Å². The molecule has 1 aliphatic rings. The van der Waals surface area contributed by atoms with Gasteiger partial charge in [-0.1, -0.05) is 11.8 Å². The van der Waals surface area contributed by atoms with Gasteiger partial charge in [-0.05, 0) is 63.3 Å². The number of aromatic nitrogens is 1. The molecule has 1 saturated heterocycles. The zero-order valence-electron chi connectivity index (χ0n) is 17.9. The summed E-state index contributed by atoms with van der Waals surface area (Å²) in [6, 6.07) is 11.3. The van der Waals surface area contributed by atoms with Crippen LogP contribution in [0, 0.1) is 16.0 Å². The largest absolute Gasteiger partial charge is 0.326 e. The summed E-state index contributed by atoms with van der Waals surface area (Å²) in [6.07, 6.45) is 1.74. The molecule has 0 spiro atoms. The summed E-state index contributed by atoms with van der Waals surface area (Å²) in [5.74, 6) is 0.0405. The van der Waals surface area contributed by atoms with Gasteiger partial charge in [0.1, 0.15) is 0 Å². The summed E-state index contributed by atoms with van der Waals surface area (Å²) in [7, 11) is 2.07. The summed E-state index contributed by atoms with van der Waals surface area (Å²) in [6.45, 7) is 1.87. The number of thioether (sulfide) groups is 1. The number of nitro groups is 1. The molecule has 0 saturated carbocycles. The van der Waals surface area contributed by atoms with Crippen LogP contribution in [0.15, 0.2) is 46.8 Å². The number of non-ortho nitro benzene ring substituents is 1. The number of amides is 2. The highest BCUT2D eigenvalue weighted by Gasteiger charge is 2.23. The summed E-state index contributed by atoms with van der Waals surface area (Å²) in [5, 5.41) is 16.5. The molecule has 0 bridgehead atoms. The van der Waals surface area contributed by atoms with Crippen LogP contribution in [-0.4, -0.2) is 52.5 Å². The van der Waals surface area contributed by atoms with Gasteiger partial charge in [-0.25, -0.2) is 4.98 Å². The van der Waals surface area contributed by atoms with Gasteiger partial charge in [0.05, 0.1) is 20.9 Å². The van der Waals surface area contributed by atoms with Gasteiger partial charge in [0.25, 0.3) is 5.69 Å². The Bertz CT molecular complexity index is 1170. The maximum Gasteiger partial charge on any atom is 0.269 e. The molecule has 0 radical (unpaired) electrons. The molecule has 1 aliphatic heterocycles. The monoisotopic (exact) mass is 485 g/mol. The maximum atomic E-state index is 12.6. The molecule has 1 fully saturated rings. The van der Waals surface area contributed by atoms with Crippen LogP contribution in [0.2, 0.25) is 0 Å². The Labute approximate surface area is 198 Å². The lowest BCUT2D eigenvalue weighted by atomic mass is 9.96. The molecule has 4 rings (SSSR count). The van der Waals surface area contributed by atoms with Crippen molar-refractivity contribution in [1.82, 2.24) is 9.88 Å². The van der Waals surface area contributed by atoms with E-state index in [0.717, 1.165) is 46.2 Å². The Hall–Kier alpha value is -3.02. The number of likely N-dealkylation sites (tertiary alicyclic amines) is 1. The van der Waals surface area contributed by atoms with E-state index in [1.807, 2.05) is 18.2 Å². The molecule has 0 aliphatic carbocycles. The van der Waals surface area contributed by atoms with Gasteiger partial charge < -0.3 is 15.5 Å². The van der Waals surface area contributed by atoms with Gasteiger partial charge in [0.15, 0.2) is 4.34 Å². The third-order valence-corrected chi connectivity index (χ3v) is 7.58. The van der Waals surface area contributed by atoms with Crippen LogP contribution in [0.1, 0.15) is 12.8 Å². The van der Waals surface area contributed by atoms with Gasteiger partial charge >= 0.3 is 0 Å². The fourth-order valence-corrected chi connectivity index (χ4v) is 5.46. The van der Waals surface area contributed by atoms with Crippen LogP contribution in [0.5, 0.6) is 0 Å². The van der Waals surface area contributed by atoms with E-state index in [0.29, 0.717) is 5.69 Å². The zero-order valence-corrected chi connectivity index (χ0v) is 19.6. The van der Waals surface area contributed by atoms with Crippen molar-refractivity contribution in [3.63, 3.8) is 0 Å². The average molecular weight is 486 g/mol. The summed E-state index contributed by atoms with van der Waals surface area (Å²) >= 11 is 2.79. The quantitative estimate of drug-likeness (QED) is 0.292. The fourth-order valence-electron chi connectivity index (χ4n) is 3.55. The minimum absolute atomic E-state index is 0.0289. The first-order valence-electron chi connectivity index (χ1n) is 10.4. The molecule has 0 atom stereocenters. The Morgan fingerprint density at radius 2 is 1.85 bits per heavy atom. The second kappa shape index (κ2) is 10.3. The molecule has 2 aromatic carbocycles. The van der Waals surface area contributed by atoms with Crippen molar-refractivity contribution in [1.29, 1.82) is 0 Å². The number of rotatable bonds is 7. The van der Waals surface area contributed by atoms with Crippen molar-refractivity contribution in [3.05, 3.63) is 52.6 Å². The van der Waals surface area contributed by atoms with E-state index in [4.69, 9.17) is 0 Å². The molecule has 2 N–H and O–H groups in total. The zero-order chi connectivity index (χ0) is 23.4. The van der Waals surface area contributed by atoms with E-state index in [-0.39, 0.29) is 29.2 Å². The topological polar surface area (TPSA) is 117 Å². The predicted molar refractivity (Wildman–Crippen MR) is 131 cm³/mol. The summed E-state index contributed by atoms with van der Waals surface area (Å²) in [5.41, 5.74) is 2.04. The number of carbonyl (C=O) groups is 2. The molecule has 2 heterocycles. The third-order valence-electron chi connectivity index (χ3n) is 5.41. The van der Waals surface area contributed by atoms with E-state index < -0.39 is 4.92 Å². The van der Waals surface area contributed by atoms with Gasteiger partial charge in [-0.3, -0.25) is 19.7 Å². The standard InChI is InChI=1S/C22H23N5O4S2/c1-26-10-8-14(9-11-26)21(29)24-16-4-7-18-19(12-16)33-22(25-18)32-13-20(28)23-15-2-5-17(6-3-15)27(30)31/h2-7,12,14H,8-11,13H2,1H3,(H,23,28)(H,24,29). The van der Waals surface area contributed by atoms with Crippen molar-refractivity contribution < 1.29 is 14.5 Å². The van der Waals surface area contributed by atoms with Crippen molar-refractivity contribution in [2.75, 3.05) is 36.5 Å². The molecule has 0 unspecified atom stereocenters. The number of nitrogens with one attached hydrogen (secondary N) is 2. The lowest BCUT2D eigenvalue weighted by molar-refractivity contribution is -0.384. The highest BCUT2D eigenvalue weighted by molar-refractivity contribution is 8.01. The minimum Gasteiger partial charge on any atom is -0.326 e. The third kappa shape index (κ3) is 6.06. The van der Waals surface area contributed by atoms with E-state index in [1.54, 1.807) is 0 Å². The Balaban J connectivity index is 1.32. The highest BCUT2D eigenvalue weighted by Crippen LogP contribution is 2.31. The number of hydrogen-bond donors (Lipinski definition) is 2. The van der Waals surface area contributed by atoms with Gasteiger partial charge in [0.2, 0.25) is 11.8 Å². The first kappa shape index (κ1) is 23.1. The molecule has 172 valence electrons. The van der Waals surface area contributed by atoms with Gasteiger partial charge in [0, 0.05) is 29.4 Å². The van der Waals surface area contributed by atoms with Crippen molar-refractivity contribution in [2.24, 2.45) is 5.92 Å². The normalized spacial score (nSPS) is 14.8. The fraction of sp³-hybridized carbons (Fsp3) is 0.318. The number of fused-ring (bicyclic) bond motifs is 1. The SMILES string of the molecule is CN1CCC(C(=O)Nc2ccc3nc(SCC(=O)Nc4ccc([N+](=O)[O-])cc4)sc3c2)CC1. The van der Waals surface area contributed by atoms with E-state index in [2.05, 4.69) is 27.6 Å². The second-order valence-electron chi connectivity index (χ2n) is 7.87. The van der Waals surface area contributed by atoms with Crippen molar-refractivity contribution in [3.8, 4) is 0 Å². The van der Waals surface area contributed by atoms with E-state index in [1.165, 1.54) is 47.4 Å². The molecular weight excluding hydrogens is 462 g/mol.